The summed E-state index contributed by atoms with van der Waals surface area (Å²) in [4.78, 5) is 1.06. The number of fused-ring (bicyclic) bond motifs is 1. The largest absolute Gasteiger partial charge is 0.391 e. The maximum Gasteiger partial charge on any atom is 0.0777 e. The van der Waals surface area contributed by atoms with Gasteiger partial charge in [0.15, 0.2) is 0 Å². The quantitative estimate of drug-likeness (QED) is 0.830. The van der Waals surface area contributed by atoms with Gasteiger partial charge in [-0.15, -0.1) is 11.3 Å². The Morgan fingerprint density at radius 1 is 1.43 bits per heavy atom. The molecular formula is C11H11ClOS. The first-order chi connectivity index (χ1) is 6.76. The summed E-state index contributed by atoms with van der Waals surface area (Å²) in [7, 11) is 0. The summed E-state index contributed by atoms with van der Waals surface area (Å²) in [6.07, 6.45) is 0.941. The fourth-order valence-corrected chi connectivity index (χ4v) is 2.99. The molecule has 1 heterocycles. The molecule has 1 aromatic carbocycles. The van der Waals surface area contributed by atoms with E-state index >= 15 is 0 Å². The Bertz CT molecular complexity index is 462. The molecule has 14 heavy (non-hydrogen) atoms. The minimum absolute atomic E-state index is 0.125. The molecule has 0 saturated carbocycles. The summed E-state index contributed by atoms with van der Waals surface area (Å²) in [5.74, 6) is 0. The number of aryl methyl sites for hydroxylation is 1. The molecule has 0 saturated heterocycles. The molecule has 0 unspecified atom stereocenters. The van der Waals surface area contributed by atoms with Crippen LogP contribution in [0.2, 0.25) is 5.02 Å². The molecular weight excluding hydrogens is 216 g/mol. The van der Waals surface area contributed by atoms with Crippen molar-refractivity contribution >= 4 is 33.0 Å². The molecule has 2 rings (SSSR count). The van der Waals surface area contributed by atoms with Gasteiger partial charge in [0, 0.05) is 14.6 Å². The molecule has 1 N–H and O–H groups in total. The Morgan fingerprint density at radius 3 is 2.86 bits per heavy atom. The second-order valence-corrected chi connectivity index (χ2v) is 4.73. The van der Waals surface area contributed by atoms with E-state index in [1.165, 1.54) is 15.6 Å². The summed E-state index contributed by atoms with van der Waals surface area (Å²) >= 11 is 7.59. The van der Waals surface area contributed by atoms with Crippen LogP contribution in [0.1, 0.15) is 17.4 Å². The summed E-state index contributed by atoms with van der Waals surface area (Å²) in [5, 5.41) is 11.1. The number of thiophene rings is 1. The van der Waals surface area contributed by atoms with Gasteiger partial charge in [-0.25, -0.2) is 0 Å². The zero-order chi connectivity index (χ0) is 10.1. The van der Waals surface area contributed by atoms with Crippen LogP contribution in [0.25, 0.3) is 10.1 Å². The fourth-order valence-electron chi connectivity index (χ4n) is 1.69. The maximum absolute atomic E-state index is 9.20. The van der Waals surface area contributed by atoms with Gasteiger partial charge in [0.2, 0.25) is 0 Å². The van der Waals surface area contributed by atoms with E-state index in [4.69, 9.17) is 11.6 Å². The zero-order valence-electron chi connectivity index (χ0n) is 7.88. The molecule has 0 spiro atoms. The number of aliphatic hydroxyl groups is 1. The molecule has 0 fully saturated rings. The normalized spacial score (nSPS) is 11.1. The molecule has 0 aliphatic rings. The van der Waals surface area contributed by atoms with Gasteiger partial charge < -0.3 is 5.11 Å². The van der Waals surface area contributed by atoms with Crippen LogP contribution < -0.4 is 0 Å². The smallest absolute Gasteiger partial charge is 0.0777 e. The van der Waals surface area contributed by atoms with E-state index in [1.54, 1.807) is 11.3 Å². The predicted molar refractivity (Wildman–Crippen MR) is 62.1 cm³/mol. The summed E-state index contributed by atoms with van der Waals surface area (Å²) < 4.78 is 1.20. The van der Waals surface area contributed by atoms with E-state index in [1.807, 2.05) is 18.2 Å². The van der Waals surface area contributed by atoms with E-state index in [2.05, 4.69) is 6.92 Å². The monoisotopic (exact) mass is 226 g/mol. The number of hydrogen-bond acceptors (Lipinski definition) is 2. The molecule has 0 aliphatic heterocycles. The van der Waals surface area contributed by atoms with Crippen LogP contribution >= 0.6 is 22.9 Å². The van der Waals surface area contributed by atoms with Crippen molar-refractivity contribution in [2.75, 3.05) is 0 Å². The minimum Gasteiger partial charge on any atom is -0.391 e. The molecule has 0 aliphatic carbocycles. The highest BCUT2D eigenvalue weighted by molar-refractivity contribution is 7.19. The van der Waals surface area contributed by atoms with Gasteiger partial charge in [-0.1, -0.05) is 18.5 Å². The van der Waals surface area contributed by atoms with E-state index in [9.17, 15) is 5.11 Å². The number of rotatable bonds is 2. The highest BCUT2D eigenvalue weighted by atomic mass is 35.5. The predicted octanol–water partition coefficient (Wildman–Crippen LogP) is 3.61. The average Bonchev–Trinajstić information content (AvgIpc) is 2.54. The van der Waals surface area contributed by atoms with Gasteiger partial charge in [-0.3, -0.25) is 0 Å². The van der Waals surface area contributed by atoms with Crippen LogP contribution in [0.15, 0.2) is 18.2 Å². The SMILES string of the molecule is CCc1c(CO)sc2ccc(Cl)cc12. The Labute approximate surface area is 91.9 Å². The number of aliphatic hydroxyl groups excluding tert-OH is 1. The van der Waals surface area contributed by atoms with Gasteiger partial charge >= 0.3 is 0 Å². The minimum atomic E-state index is 0.125. The van der Waals surface area contributed by atoms with Gasteiger partial charge in [-0.05, 0) is 35.6 Å². The van der Waals surface area contributed by atoms with Gasteiger partial charge in [0.25, 0.3) is 0 Å². The van der Waals surface area contributed by atoms with Crippen LogP contribution in [0.5, 0.6) is 0 Å². The van der Waals surface area contributed by atoms with Crippen molar-refractivity contribution in [2.45, 2.75) is 20.0 Å². The first kappa shape index (κ1) is 9.97. The fraction of sp³-hybridized carbons (Fsp3) is 0.273. The van der Waals surface area contributed by atoms with Crippen LogP contribution in [0.4, 0.5) is 0 Å². The molecule has 1 aromatic heterocycles. The molecule has 0 bridgehead atoms. The first-order valence-electron chi connectivity index (χ1n) is 4.57. The van der Waals surface area contributed by atoms with Crippen LogP contribution in [0.3, 0.4) is 0 Å². The lowest BCUT2D eigenvalue weighted by molar-refractivity contribution is 0.284. The molecule has 0 atom stereocenters. The Morgan fingerprint density at radius 2 is 2.21 bits per heavy atom. The topological polar surface area (TPSA) is 20.2 Å². The highest BCUT2D eigenvalue weighted by Crippen LogP contribution is 2.33. The first-order valence-corrected chi connectivity index (χ1v) is 5.76. The lowest BCUT2D eigenvalue weighted by Crippen LogP contribution is -1.85. The molecule has 2 aromatic rings. The van der Waals surface area contributed by atoms with Crippen molar-refractivity contribution in [1.82, 2.24) is 0 Å². The third kappa shape index (κ3) is 1.54. The second kappa shape index (κ2) is 3.89. The molecule has 0 amide bonds. The second-order valence-electron chi connectivity index (χ2n) is 3.16. The third-order valence-electron chi connectivity index (χ3n) is 2.33. The lowest BCUT2D eigenvalue weighted by atomic mass is 10.1. The Balaban J connectivity index is 2.74. The molecule has 1 nitrogen and oxygen atoms in total. The number of hydrogen-bond donors (Lipinski definition) is 1. The standard InChI is InChI=1S/C11H11ClOS/c1-2-8-9-5-7(12)3-4-10(9)14-11(8)6-13/h3-5,13H,2,6H2,1H3. The Hall–Kier alpha value is -0.570. The van der Waals surface area contributed by atoms with E-state index in [-0.39, 0.29) is 6.61 Å². The number of benzene rings is 1. The van der Waals surface area contributed by atoms with Crippen molar-refractivity contribution in [1.29, 1.82) is 0 Å². The van der Waals surface area contributed by atoms with Crippen molar-refractivity contribution in [3.05, 3.63) is 33.7 Å². The van der Waals surface area contributed by atoms with Crippen molar-refractivity contribution in [3.8, 4) is 0 Å². The van der Waals surface area contributed by atoms with Crippen LogP contribution in [-0.4, -0.2) is 5.11 Å². The van der Waals surface area contributed by atoms with Crippen molar-refractivity contribution < 1.29 is 5.11 Å². The number of halogens is 1. The van der Waals surface area contributed by atoms with Crippen LogP contribution in [0, 0.1) is 0 Å². The molecule has 3 heteroatoms. The summed E-state index contributed by atoms with van der Waals surface area (Å²) in [5.41, 5.74) is 1.23. The van der Waals surface area contributed by atoms with Crippen molar-refractivity contribution in [2.24, 2.45) is 0 Å². The summed E-state index contributed by atoms with van der Waals surface area (Å²) in [6, 6.07) is 5.88. The van der Waals surface area contributed by atoms with Crippen molar-refractivity contribution in [3.63, 3.8) is 0 Å². The van der Waals surface area contributed by atoms with Gasteiger partial charge in [-0.2, -0.15) is 0 Å². The van der Waals surface area contributed by atoms with Gasteiger partial charge in [0.1, 0.15) is 0 Å². The maximum atomic E-state index is 9.20. The van der Waals surface area contributed by atoms with E-state index in [0.717, 1.165) is 16.3 Å². The average molecular weight is 227 g/mol. The molecule has 74 valence electrons. The van der Waals surface area contributed by atoms with Crippen LogP contribution in [-0.2, 0) is 13.0 Å². The van der Waals surface area contributed by atoms with E-state index in [0.29, 0.717) is 0 Å². The van der Waals surface area contributed by atoms with E-state index < -0.39 is 0 Å². The highest BCUT2D eigenvalue weighted by Gasteiger charge is 2.09. The van der Waals surface area contributed by atoms with Gasteiger partial charge in [0.05, 0.1) is 6.61 Å². The summed E-state index contributed by atoms with van der Waals surface area (Å²) in [6.45, 7) is 2.22. The third-order valence-corrected chi connectivity index (χ3v) is 3.77. The lowest BCUT2D eigenvalue weighted by Gasteiger charge is -1.97. The zero-order valence-corrected chi connectivity index (χ0v) is 9.45. The Kier molecular flexibility index (Phi) is 2.77. The molecule has 0 radical (unpaired) electrons.